The molecule has 4 aromatic rings. The topological polar surface area (TPSA) is 72.5 Å². The van der Waals surface area contributed by atoms with Crippen LogP contribution in [0.15, 0.2) is 65.1 Å². The van der Waals surface area contributed by atoms with E-state index in [1.165, 1.54) is 18.2 Å². The number of hydrogen-bond donors (Lipinski definition) is 0. The Bertz CT molecular complexity index is 1220. The molecule has 0 atom stereocenters. The molecule has 1 heterocycles. The number of benzene rings is 3. The normalized spacial score (nSPS) is 10.7. The van der Waals surface area contributed by atoms with E-state index in [2.05, 4.69) is 0 Å². The van der Waals surface area contributed by atoms with Crippen molar-refractivity contribution >= 4 is 27.9 Å². The van der Waals surface area contributed by atoms with E-state index in [-0.39, 0.29) is 18.8 Å². The molecule has 0 saturated carbocycles. The van der Waals surface area contributed by atoms with Gasteiger partial charge in [0.1, 0.15) is 29.3 Å². The molecule has 0 aliphatic carbocycles. The van der Waals surface area contributed by atoms with Crippen molar-refractivity contribution in [2.75, 3.05) is 6.61 Å². The summed E-state index contributed by atoms with van der Waals surface area (Å²) in [5, 5.41) is 10.7. The monoisotopic (exact) mass is 375 g/mol. The van der Waals surface area contributed by atoms with Crippen molar-refractivity contribution in [3.63, 3.8) is 0 Å². The molecule has 138 valence electrons. The van der Waals surface area contributed by atoms with Crippen molar-refractivity contribution in [3.8, 4) is 11.8 Å². The van der Waals surface area contributed by atoms with Gasteiger partial charge in [0.2, 0.25) is 0 Å². The second-order valence-corrected chi connectivity index (χ2v) is 6.12. The van der Waals surface area contributed by atoms with Gasteiger partial charge in [0.25, 0.3) is 0 Å². The summed E-state index contributed by atoms with van der Waals surface area (Å²) in [6, 6.07) is 18.7. The van der Waals surface area contributed by atoms with Crippen molar-refractivity contribution in [2.45, 2.75) is 6.61 Å². The Morgan fingerprint density at radius 3 is 2.71 bits per heavy atom. The highest BCUT2D eigenvalue weighted by Crippen LogP contribution is 2.31. The van der Waals surface area contributed by atoms with Crippen molar-refractivity contribution in [3.05, 3.63) is 77.6 Å². The third-order valence-electron chi connectivity index (χ3n) is 4.27. The summed E-state index contributed by atoms with van der Waals surface area (Å²) in [5.41, 5.74) is 1.93. The molecule has 0 bridgehead atoms. The molecular formula is C22H14FNO4. The van der Waals surface area contributed by atoms with Crippen molar-refractivity contribution in [1.82, 2.24) is 0 Å². The van der Waals surface area contributed by atoms with Gasteiger partial charge in [-0.15, -0.1) is 0 Å². The first-order valence-corrected chi connectivity index (χ1v) is 8.52. The number of carbonyl (C=O) groups excluding carboxylic acids is 1. The molecule has 0 aliphatic rings. The van der Waals surface area contributed by atoms with Gasteiger partial charge in [-0.25, -0.2) is 9.18 Å². The number of furan rings is 1. The van der Waals surface area contributed by atoms with E-state index in [4.69, 9.17) is 19.2 Å². The minimum absolute atomic E-state index is 0.138. The second-order valence-electron chi connectivity index (χ2n) is 6.12. The smallest absolute Gasteiger partial charge is 0.344 e. The number of fused-ring (bicyclic) bond motifs is 3. The van der Waals surface area contributed by atoms with Crippen LogP contribution in [0.3, 0.4) is 0 Å². The summed E-state index contributed by atoms with van der Waals surface area (Å²) in [6.07, 6.45) is 0. The first-order chi connectivity index (χ1) is 13.6. The van der Waals surface area contributed by atoms with Crippen LogP contribution >= 0.6 is 0 Å². The lowest BCUT2D eigenvalue weighted by Crippen LogP contribution is -2.15. The van der Waals surface area contributed by atoms with Gasteiger partial charge >= 0.3 is 5.97 Å². The number of esters is 1. The van der Waals surface area contributed by atoms with Gasteiger partial charge in [-0.2, -0.15) is 5.26 Å². The van der Waals surface area contributed by atoms with Gasteiger partial charge in [-0.1, -0.05) is 18.2 Å². The van der Waals surface area contributed by atoms with E-state index in [0.717, 1.165) is 21.9 Å². The van der Waals surface area contributed by atoms with Gasteiger partial charge < -0.3 is 13.9 Å². The maximum absolute atomic E-state index is 13.7. The van der Waals surface area contributed by atoms with Gasteiger partial charge in [0.15, 0.2) is 6.61 Å². The maximum atomic E-state index is 13.7. The highest BCUT2D eigenvalue weighted by molar-refractivity contribution is 6.05. The molecule has 0 saturated heterocycles. The van der Waals surface area contributed by atoms with Crippen LogP contribution < -0.4 is 4.74 Å². The SMILES string of the molecule is N#Cc1ccc(F)c(COC(=O)COc2ccc3oc4ccccc4c3c2)c1. The summed E-state index contributed by atoms with van der Waals surface area (Å²) in [4.78, 5) is 11.9. The van der Waals surface area contributed by atoms with E-state index in [9.17, 15) is 9.18 Å². The van der Waals surface area contributed by atoms with Crippen LogP contribution in [0.1, 0.15) is 11.1 Å². The Labute approximate surface area is 159 Å². The average Bonchev–Trinajstić information content (AvgIpc) is 3.09. The molecule has 0 aliphatic heterocycles. The molecule has 1 aromatic heterocycles. The van der Waals surface area contributed by atoms with Gasteiger partial charge in [-0.3, -0.25) is 0 Å². The molecule has 28 heavy (non-hydrogen) atoms. The highest BCUT2D eigenvalue weighted by Gasteiger charge is 2.11. The number of halogens is 1. The minimum atomic E-state index is -0.640. The maximum Gasteiger partial charge on any atom is 0.344 e. The summed E-state index contributed by atoms with van der Waals surface area (Å²) in [7, 11) is 0. The quantitative estimate of drug-likeness (QED) is 0.472. The molecule has 5 nitrogen and oxygen atoms in total. The zero-order valence-electron chi connectivity index (χ0n) is 14.6. The van der Waals surface area contributed by atoms with Gasteiger partial charge in [0, 0.05) is 16.3 Å². The fraction of sp³-hybridized carbons (Fsp3) is 0.0909. The Morgan fingerprint density at radius 2 is 1.86 bits per heavy atom. The Hall–Kier alpha value is -3.85. The lowest BCUT2D eigenvalue weighted by Gasteiger charge is -2.08. The van der Waals surface area contributed by atoms with Crippen molar-refractivity contribution in [2.24, 2.45) is 0 Å². The lowest BCUT2D eigenvalue weighted by molar-refractivity contribution is -0.147. The predicted octanol–water partition coefficient (Wildman–Crippen LogP) is 4.72. The lowest BCUT2D eigenvalue weighted by atomic mass is 10.1. The molecule has 0 unspecified atom stereocenters. The van der Waals surface area contributed by atoms with E-state index < -0.39 is 11.8 Å². The Kier molecular flexibility index (Phi) is 4.65. The molecule has 3 aromatic carbocycles. The third-order valence-corrected chi connectivity index (χ3v) is 4.27. The van der Waals surface area contributed by atoms with Crippen LogP contribution in [-0.4, -0.2) is 12.6 Å². The number of rotatable bonds is 5. The number of para-hydroxylation sites is 1. The Balaban J connectivity index is 1.41. The standard InChI is InChI=1S/C22H14FNO4/c23-19-7-5-14(11-24)9-15(19)12-27-22(25)13-26-16-6-8-21-18(10-16)17-3-1-2-4-20(17)28-21/h1-10H,12-13H2. The van der Waals surface area contributed by atoms with E-state index in [1.807, 2.05) is 30.3 Å². The number of hydrogen-bond acceptors (Lipinski definition) is 5. The molecule has 0 amide bonds. The fourth-order valence-electron chi connectivity index (χ4n) is 2.89. The summed E-state index contributed by atoms with van der Waals surface area (Å²) >= 11 is 0. The zero-order chi connectivity index (χ0) is 19.5. The number of carbonyl (C=O) groups is 1. The van der Waals surface area contributed by atoms with Crippen LogP contribution in [0, 0.1) is 17.1 Å². The molecule has 0 fully saturated rings. The molecule has 0 radical (unpaired) electrons. The van der Waals surface area contributed by atoms with Crippen LogP contribution in [0.4, 0.5) is 4.39 Å². The molecule has 6 heteroatoms. The molecule has 0 N–H and O–H groups in total. The van der Waals surface area contributed by atoms with Crippen LogP contribution in [-0.2, 0) is 16.1 Å². The van der Waals surface area contributed by atoms with E-state index in [1.54, 1.807) is 18.2 Å². The van der Waals surface area contributed by atoms with Gasteiger partial charge in [0.05, 0.1) is 11.6 Å². The molecule has 4 rings (SSSR count). The summed E-state index contributed by atoms with van der Waals surface area (Å²) in [5.74, 6) is -0.683. The predicted molar refractivity (Wildman–Crippen MR) is 100 cm³/mol. The van der Waals surface area contributed by atoms with Crippen LogP contribution in [0.2, 0.25) is 0 Å². The van der Waals surface area contributed by atoms with Crippen LogP contribution in [0.5, 0.6) is 5.75 Å². The van der Waals surface area contributed by atoms with Gasteiger partial charge in [-0.05, 0) is 42.5 Å². The van der Waals surface area contributed by atoms with Crippen LogP contribution in [0.25, 0.3) is 21.9 Å². The minimum Gasteiger partial charge on any atom is -0.482 e. The first kappa shape index (κ1) is 17.6. The molecule has 0 spiro atoms. The fourth-order valence-corrected chi connectivity index (χ4v) is 2.89. The van der Waals surface area contributed by atoms with E-state index in [0.29, 0.717) is 11.3 Å². The van der Waals surface area contributed by atoms with Crippen molar-refractivity contribution in [1.29, 1.82) is 5.26 Å². The Morgan fingerprint density at radius 1 is 1.04 bits per heavy atom. The highest BCUT2D eigenvalue weighted by atomic mass is 19.1. The van der Waals surface area contributed by atoms with Crippen molar-refractivity contribution < 1.29 is 23.1 Å². The second kappa shape index (κ2) is 7.41. The molecular weight excluding hydrogens is 361 g/mol. The summed E-state index contributed by atoms with van der Waals surface area (Å²) < 4.78 is 30.0. The third kappa shape index (κ3) is 3.51. The number of nitriles is 1. The number of nitrogens with zero attached hydrogens (tertiary/aromatic N) is 1. The largest absolute Gasteiger partial charge is 0.482 e. The number of ether oxygens (including phenoxy) is 2. The first-order valence-electron chi connectivity index (χ1n) is 8.52. The zero-order valence-corrected chi connectivity index (χ0v) is 14.6. The average molecular weight is 375 g/mol. The summed E-state index contributed by atoms with van der Waals surface area (Å²) in [6.45, 7) is -0.587. The van der Waals surface area contributed by atoms with E-state index >= 15 is 0 Å².